The topological polar surface area (TPSA) is 72.2 Å². The lowest BCUT2D eigenvalue weighted by Crippen LogP contribution is -2.32. The van der Waals surface area contributed by atoms with Crippen molar-refractivity contribution in [2.45, 2.75) is 36.1 Å². The van der Waals surface area contributed by atoms with Crippen molar-refractivity contribution in [3.05, 3.63) is 54.1 Å². The number of nitrogens with two attached hydrogens (primary N) is 1. The standard InChI is InChI=1S/C18H20N2O2S/c1-3-17(21)13-7-9-15(10-8-13)23-16-6-4-5-14(11-16)20-18(22)12(2)19/h4-12H,3,19H2,1-2H3,(H,20,22). The van der Waals surface area contributed by atoms with Crippen molar-refractivity contribution in [2.24, 2.45) is 5.73 Å². The summed E-state index contributed by atoms with van der Waals surface area (Å²) in [6.07, 6.45) is 0.508. The Morgan fingerprint density at radius 2 is 1.83 bits per heavy atom. The quantitative estimate of drug-likeness (QED) is 0.793. The molecule has 3 N–H and O–H groups in total. The maximum atomic E-state index is 11.6. The van der Waals surface area contributed by atoms with Crippen LogP contribution in [0.2, 0.25) is 0 Å². The lowest BCUT2D eigenvalue weighted by atomic mass is 10.1. The number of amides is 1. The zero-order chi connectivity index (χ0) is 16.8. The van der Waals surface area contributed by atoms with Gasteiger partial charge in [0.05, 0.1) is 6.04 Å². The summed E-state index contributed by atoms with van der Waals surface area (Å²) in [6.45, 7) is 3.50. The minimum atomic E-state index is -0.546. The first-order valence-electron chi connectivity index (χ1n) is 7.47. The first-order chi connectivity index (χ1) is 11.0. The Morgan fingerprint density at radius 1 is 1.13 bits per heavy atom. The fraction of sp³-hybridized carbons (Fsp3) is 0.222. The van der Waals surface area contributed by atoms with Crippen LogP contribution < -0.4 is 11.1 Å². The van der Waals surface area contributed by atoms with Crippen LogP contribution in [0, 0.1) is 0 Å². The highest BCUT2D eigenvalue weighted by Gasteiger charge is 2.08. The zero-order valence-corrected chi connectivity index (χ0v) is 14.0. The van der Waals surface area contributed by atoms with Crippen LogP contribution in [0.5, 0.6) is 0 Å². The van der Waals surface area contributed by atoms with E-state index in [1.165, 1.54) is 0 Å². The van der Waals surface area contributed by atoms with E-state index in [0.717, 1.165) is 21.0 Å². The lowest BCUT2D eigenvalue weighted by Gasteiger charge is -2.09. The number of benzene rings is 2. The van der Waals surface area contributed by atoms with Gasteiger partial charge >= 0.3 is 0 Å². The smallest absolute Gasteiger partial charge is 0.240 e. The van der Waals surface area contributed by atoms with Gasteiger partial charge in [0.2, 0.25) is 5.91 Å². The third-order valence-corrected chi connectivity index (χ3v) is 4.25. The average molecular weight is 328 g/mol. The summed E-state index contributed by atoms with van der Waals surface area (Å²) in [5.74, 6) is -0.0725. The van der Waals surface area contributed by atoms with E-state index in [1.807, 2.05) is 55.5 Å². The van der Waals surface area contributed by atoms with E-state index >= 15 is 0 Å². The molecule has 0 aromatic heterocycles. The molecule has 23 heavy (non-hydrogen) atoms. The maximum Gasteiger partial charge on any atom is 0.240 e. The number of Topliss-reactive ketones (excluding diaryl/α,β-unsaturated/α-hetero) is 1. The third kappa shape index (κ3) is 4.94. The second-order valence-corrected chi connectivity index (χ2v) is 6.36. The van der Waals surface area contributed by atoms with Crippen molar-refractivity contribution in [3.8, 4) is 0 Å². The summed E-state index contributed by atoms with van der Waals surface area (Å²) in [4.78, 5) is 25.3. The van der Waals surface area contributed by atoms with E-state index in [9.17, 15) is 9.59 Å². The molecule has 0 saturated heterocycles. The molecule has 2 aromatic carbocycles. The zero-order valence-electron chi connectivity index (χ0n) is 13.2. The highest BCUT2D eigenvalue weighted by Crippen LogP contribution is 2.29. The highest BCUT2D eigenvalue weighted by molar-refractivity contribution is 7.99. The molecular formula is C18H20N2O2S. The van der Waals surface area contributed by atoms with Crippen LogP contribution in [0.1, 0.15) is 30.6 Å². The number of hydrogen-bond donors (Lipinski definition) is 2. The van der Waals surface area contributed by atoms with Crippen molar-refractivity contribution in [2.75, 3.05) is 5.32 Å². The lowest BCUT2D eigenvalue weighted by molar-refractivity contribution is -0.117. The van der Waals surface area contributed by atoms with Crippen molar-refractivity contribution >= 4 is 29.1 Å². The normalized spacial score (nSPS) is 11.8. The fourth-order valence-corrected chi connectivity index (χ4v) is 2.82. The predicted octanol–water partition coefficient (Wildman–Crippen LogP) is 3.72. The number of carbonyl (C=O) groups excluding carboxylic acids is 2. The van der Waals surface area contributed by atoms with Crippen molar-refractivity contribution in [3.63, 3.8) is 0 Å². The van der Waals surface area contributed by atoms with Crippen molar-refractivity contribution in [1.82, 2.24) is 0 Å². The number of hydrogen-bond acceptors (Lipinski definition) is 4. The van der Waals surface area contributed by atoms with Gasteiger partial charge in [0.25, 0.3) is 0 Å². The number of ketones is 1. The van der Waals surface area contributed by atoms with E-state index < -0.39 is 6.04 Å². The summed E-state index contributed by atoms with van der Waals surface area (Å²) < 4.78 is 0. The first-order valence-corrected chi connectivity index (χ1v) is 8.29. The SMILES string of the molecule is CCC(=O)c1ccc(Sc2cccc(NC(=O)C(C)N)c2)cc1. The summed E-state index contributed by atoms with van der Waals surface area (Å²) in [5.41, 5.74) is 7.00. The molecule has 0 heterocycles. The van der Waals surface area contributed by atoms with Crippen molar-refractivity contribution in [1.29, 1.82) is 0 Å². The largest absolute Gasteiger partial charge is 0.325 e. The Balaban J connectivity index is 2.08. The van der Waals surface area contributed by atoms with E-state index in [4.69, 9.17) is 5.73 Å². The van der Waals surface area contributed by atoms with Gasteiger partial charge in [-0.15, -0.1) is 0 Å². The summed E-state index contributed by atoms with van der Waals surface area (Å²) in [5, 5.41) is 2.78. The van der Waals surface area contributed by atoms with Gasteiger partial charge in [0, 0.05) is 27.5 Å². The maximum absolute atomic E-state index is 11.6. The summed E-state index contributed by atoms with van der Waals surface area (Å²) in [7, 11) is 0. The van der Waals surface area contributed by atoms with Gasteiger partial charge in [0.15, 0.2) is 5.78 Å². The van der Waals surface area contributed by atoms with Gasteiger partial charge < -0.3 is 11.1 Å². The number of carbonyl (C=O) groups is 2. The molecule has 1 atom stereocenters. The van der Waals surface area contributed by atoms with E-state index in [2.05, 4.69) is 5.32 Å². The molecule has 2 rings (SSSR count). The van der Waals surface area contributed by atoms with Crippen LogP contribution in [-0.4, -0.2) is 17.7 Å². The molecule has 0 fully saturated rings. The minimum absolute atomic E-state index is 0.141. The van der Waals surface area contributed by atoms with E-state index in [0.29, 0.717) is 6.42 Å². The monoisotopic (exact) mass is 328 g/mol. The molecule has 1 amide bonds. The summed E-state index contributed by atoms with van der Waals surface area (Å²) in [6, 6.07) is 14.6. The molecule has 0 aliphatic carbocycles. The van der Waals surface area contributed by atoms with Crippen LogP contribution in [0.25, 0.3) is 0 Å². The Kier molecular flexibility index (Phi) is 5.96. The molecule has 4 nitrogen and oxygen atoms in total. The van der Waals surface area contributed by atoms with Crippen LogP contribution >= 0.6 is 11.8 Å². The summed E-state index contributed by atoms with van der Waals surface area (Å²) >= 11 is 1.57. The van der Waals surface area contributed by atoms with E-state index in [-0.39, 0.29) is 11.7 Å². The van der Waals surface area contributed by atoms with Crippen LogP contribution in [0.3, 0.4) is 0 Å². The highest BCUT2D eigenvalue weighted by atomic mass is 32.2. The Labute approximate surface area is 140 Å². The van der Waals surface area contributed by atoms with Gasteiger partial charge in [-0.3, -0.25) is 9.59 Å². The van der Waals surface area contributed by atoms with Gasteiger partial charge in [-0.2, -0.15) is 0 Å². The molecular weight excluding hydrogens is 308 g/mol. The molecule has 2 aromatic rings. The predicted molar refractivity (Wildman–Crippen MR) is 93.9 cm³/mol. The molecule has 0 spiro atoms. The Bertz CT molecular complexity index is 696. The molecule has 120 valence electrons. The molecule has 0 aliphatic heterocycles. The van der Waals surface area contributed by atoms with Gasteiger partial charge in [-0.1, -0.05) is 36.9 Å². The number of anilines is 1. The minimum Gasteiger partial charge on any atom is -0.325 e. The second-order valence-electron chi connectivity index (χ2n) is 5.21. The van der Waals surface area contributed by atoms with Crippen LogP contribution in [0.15, 0.2) is 58.3 Å². The van der Waals surface area contributed by atoms with Crippen molar-refractivity contribution < 1.29 is 9.59 Å². The molecule has 0 aliphatic rings. The third-order valence-electron chi connectivity index (χ3n) is 3.25. The van der Waals surface area contributed by atoms with E-state index in [1.54, 1.807) is 18.7 Å². The molecule has 0 bridgehead atoms. The van der Waals surface area contributed by atoms with Crippen LogP contribution in [0.4, 0.5) is 5.69 Å². The van der Waals surface area contributed by atoms with Gasteiger partial charge in [0.1, 0.15) is 0 Å². The fourth-order valence-electron chi connectivity index (χ4n) is 1.94. The number of nitrogens with one attached hydrogen (secondary N) is 1. The van der Waals surface area contributed by atoms with Crippen LogP contribution in [-0.2, 0) is 4.79 Å². The molecule has 0 radical (unpaired) electrons. The second kappa shape index (κ2) is 7.94. The Hall–Kier alpha value is -2.11. The number of rotatable bonds is 6. The molecule has 0 saturated carbocycles. The Morgan fingerprint density at radius 3 is 2.43 bits per heavy atom. The molecule has 1 unspecified atom stereocenters. The first kappa shape index (κ1) is 17.2. The van der Waals surface area contributed by atoms with Gasteiger partial charge in [-0.25, -0.2) is 0 Å². The van der Waals surface area contributed by atoms with Gasteiger partial charge in [-0.05, 0) is 37.3 Å². The average Bonchev–Trinajstić information content (AvgIpc) is 2.55. The molecule has 5 heteroatoms.